The van der Waals surface area contributed by atoms with Crippen molar-refractivity contribution in [2.75, 3.05) is 24.2 Å². The fourth-order valence-corrected chi connectivity index (χ4v) is 6.95. The van der Waals surface area contributed by atoms with E-state index in [1.807, 2.05) is 18.3 Å². The number of H-pyrrole nitrogens is 2. The number of aromatic amines is 2. The monoisotopic (exact) mass is 429 g/mol. The third-order valence-electron chi connectivity index (χ3n) is 6.02. The molecule has 1 fully saturated rings. The molecule has 2 N–H and O–H groups in total. The van der Waals surface area contributed by atoms with Crippen molar-refractivity contribution in [1.82, 2.24) is 25.1 Å². The first-order valence-electron chi connectivity index (χ1n) is 10.8. The van der Waals surface area contributed by atoms with Crippen molar-refractivity contribution in [1.29, 1.82) is 0 Å². The van der Waals surface area contributed by atoms with Gasteiger partial charge in [0.15, 0.2) is 0 Å². The molecule has 1 unspecified atom stereocenters. The second kappa shape index (κ2) is 9.16. The minimum atomic E-state index is -2.27. The van der Waals surface area contributed by atoms with Gasteiger partial charge in [-0.1, -0.05) is 6.92 Å². The largest absolute Gasteiger partial charge is 0.356 e. The van der Waals surface area contributed by atoms with E-state index in [-0.39, 0.29) is 0 Å². The van der Waals surface area contributed by atoms with E-state index in [9.17, 15) is 4.21 Å². The van der Waals surface area contributed by atoms with E-state index in [0.29, 0.717) is 30.0 Å². The normalized spacial score (nSPS) is 21.4. The average molecular weight is 430 g/mol. The molecule has 3 aromatic rings. The van der Waals surface area contributed by atoms with Gasteiger partial charge in [0.05, 0.1) is 20.9 Å². The van der Waals surface area contributed by atoms with Crippen LogP contribution in [-0.4, -0.2) is 54.7 Å². The molecule has 3 heterocycles. The fourth-order valence-electron chi connectivity index (χ4n) is 4.40. The fraction of sp³-hybridized carbons (Fsp3) is 0.571. The first-order valence-corrected chi connectivity index (χ1v) is 12.6. The minimum absolute atomic E-state index is 0.436. The van der Waals surface area contributed by atoms with Crippen molar-refractivity contribution in [2.45, 2.75) is 50.8 Å². The first-order chi connectivity index (χ1) is 14.6. The molecule has 1 atom stereocenters. The molecule has 1 saturated carbocycles. The second-order valence-electron chi connectivity index (χ2n) is 8.24. The Morgan fingerprint density at radius 3 is 2.80 bits per heavy atom. The molecular formula is C21H31N7OS. The summed E-state index contributed by atoms with van der Waals surface area (Å²) in [6.07, 6.45) is 10.4. The van der Waals surface area contributed by atoms with Gasteiger partial charge < -0.3 is 9.88 Å². The van der Waals surface area contributed by atoms with Crippen LogP contribution in [0.4, 0.5) is 5.82 Å². The maximum absolute atomic E-state index is 13.6. The van der Waals surface area contributed by atoms with Gasteiger partial charge in [-0.2, -0.15) is 5.10 Å². The molecule has 1 aliphatic carbocycles. The number of fused-ring (bicyclic) bond motifs is 1. The van der Waals surface area contributed by atoms with Crippen molar-refractivity contribution in [3.8, 4) is 0 Å². The van der Waals surface area contributed by atoms with Gasteiger partial charge >= 0.3 is 0 Å². The Morgan fingerprint density at radius 1 is 1.23 bits per heavy atom. The SMILES string of the molecule is CCCN=S(=O)(Cc1ccn[nH]1)CC1CCC(N(C)c2ncnc3[nH]ccc23)CC1. The molecule has 4 rings (SSSR count). The quantitative estimate of drug-likeness (QED) is 0.568. The first kappa shape index (κ1) is 20.8. The summed E-state index contributed by atoms with van der Waals surface area (Å²) in [5.41, 5.74) is 1.78. The zero-order chi connectivity index (χ0) is 21.0. The van der Waals surface area contributed by atoms with E-state index in [2.05, 4.69) is 48.4 Å². The highest BCUT2D eigenvalue weighted by atomic mass is 32.2. The van der Waals surface area contributed by atoms with Crippen molar-refractivity contribution in [3.63, 3.8) is 0 Å². The zero-order valence-corrected chi connectivity index (χ0v) is 18.6. The summed E-state index contributed by atoms with van der Waals surface area (Å²) in [5, 5.41) is 8.01. The summed E-state index contributed by atoms with van der Waals surface area (Å²) in [6.45, 7) is 2.74. The number of nitrogens with zero attached hydrogens (tertiary/aromatic N) is 5. The highest BCUT2D eigenvalue weighted by Gasteiger charge is 2.28. The van der Waals surface area contributed by atoms with Gasteiger partial charge in [0.2, 0.25) is 0 Å². The maximum Gasteiger partial charge on any atom is 0.142 e. The van der Waals surface area contributed by atoms with E-state index in [0.717, 1.165) is 54.6 Å². The van der Waals surface area contributed by atoms with Crippen molar-refractivity contribution in [2.24, 2.45) is 10.3 Å². The molecular weight excluding hydrogens is 398 g/mol. The van der Waals surface area contributed by atoms with Gasteiger partial charge in [0.25, 0.3) is 0 Å². The Labute approximate surface area is 178 Å². The second-order valence-corrected chi connectivity index (χ2v) is 10.7. The molecule has 30 heavy (non-hydrogen) atoms. The van der Waals surface area contributed by atoms with Crippen LogP contribution in [0.2, 0.25) is 0 Å². The lowest BCUT2D eigenvalue weighted by molar-refractivity contribution is 0.342. The summed E-state index contributed by atoms with van der Waals surface area (Å²) in [5.74, 6) is 2.58. The van der Waals surface area contributed by atoms with Crippen molar-refractivity contribution >= 4 is 26.6 Å². The summed E-state index contributed by atoms with van der Waals surface area (Å²) >= 11 is 0. The minimum Gasteiger partial charge on any atom is -0.356 e. The van der Waals surface area contributed by atoms with Crippen molar-refractivity contribution in [3.05, 3.63) is 36.5 Å². The van der Waals surface area contributed by atoms with Gasteiger partial charge in [0.1, 0.15) is 17.8 Å². The van der Waals surface area contributed by atoms with Gasteiger partial charge in [-0.05, 0) is 50.2 Å². The summed E-state index contributed by atoms with van der Waals surface area (Å²) in [6, 6.07) is 4.37. The molecule has 1 aliphatic rings. The van der Waals surface area contributed by atoms with E-state index in [1.54, 1.807) is 12.5 Å². The van der Waals surface area contributed by atoms with Crippen LogP contribution in [0.1, 0.15) is 44.7 Å². The molecule has 0 saturated heterocycles. The molecule has 0 spiro atoms. The van der Waals surface area contributed by atoms with Gasteiger partial charge in [-0.3, -0.25) is 5.10 Å². The molecule has 3 aromatic heterocycles. The summed E-state index contributed by atoms with van der Waals surface area (Å²) in [4.78, 5) is 14.3. The topological polar surface area (TPSA) is 103 Å². The molecule has 0 radical (unpaired) electrons. The van der Waals surface area contributed by atoms with E-state index >= 15 is 0 Å². The number of hydrogen-bond acceptors (Lipinski definition) is 6. The third kappa shape index (κ3) is 4.66. The standard InChI is InChI=1S/C21H31N7OS/c1-3-10-26-30(29,14-17-8-12-25-27-17)13-16-4-6-18(7-5-16)28(2)21-19-9-11-22-20(19)23-15-24-21/h8-9,11-12,15-16,18H,3-7,10,13-14H2,1-2H3,(H,25,27)(H,22,23,24). The van der Waals surface area contributed by atoms with Crippen LogP contribution in [0.3, 0.4) is 0 Å². The third-order valence-corrected chi connectivity index (χ3v) is 8.42. The summed E-state index contributed by atoms with van der Waals surface area (Å²) < 4.78 is 18.2. The van der Waals surface area contributed by atoms with Gasteiger partial charge in [-0.15, -0.1) is 0 Å². The van der Waals surface area contributed by atoms with Crippen LogP contribution >= 0.6 is 0 Å². The number of anilines is 1. The predicted octanol–water partition coefficient (Wildman–Crippen LogP) is 3.75. The zero-order valence-electron chi connectivity index (χ0n) is 17.8. The van der Waals surface area contributed by atoms with Gasteiger partial charge in [-0.25, -0.2) is 18.5 Å². The van der Waals surface area contributed by atoms with Gasteiger partial charge in [0, 0.05) is 43.5 Å². The van der Waals surface area contributed by atoms with Crippen LogP contribution in [0.5, 0.6) is 0 Å². The van der Waals surface area contributed by atoms with E-state index in [1.165, 1.54) is 0 Å². The maximum atomic E-state index is 13.6. The number of aromatic nitrogens is 5. The Balaban J connectivity index is 1.41. The molecule has 8 nitrogen and oxygen atoms in total. The predicted molar refractivity (Wildman–Crippen MR) is 121 cm³/mol. The Bertz CT molecular complexity index is 1060. The van der Waals surface area contributed by atoms with E-state index < -0.39 is 9.73 Å². The lowest BCUT2D eigenvalue weighted by Crippen LogP contribution is -2.37. The van der Waals surface area contributed by atoms with Crippen LogP contribution in [0, 0.1) is 5.92 Å². The molecule has 0 aromatic carbocycles. The highest BCUT2D eigenvalue weighted by Crippen LogP contribution is 2.32. The Kier molecular flexibility index (Phi) is 6.36. The molecule has 0 aliphatic heterocycles. The lowest BCUT2D eigenvalue weighted by atomic mass is 9.86. The Hall–Kier alpha value is -2.42. The number of rotatable bonds is 8. The average Bonchev–Trinajstić information content (AvgIpc) is 3.44. The van der Waals surface area contributed by atoms with Crippen LogP contribution < -0.4 is 4.90 Å². The molecule has 0 bridgehead atoms. The molecule has 9 heteroatoms. The highest BCUT2D eigenvalue weighted by molar-refractivity contribution is 7.92. The van der Waals surface area contributed by atoms with Crippen LogP contribution in [-0.2, 0) is 15.5 Å². The molecule has 0 amide bonds. The molecule has 162 valence electrons. The van der Waals surface area contributed by atoms with Crippen molar-refractivity contribution < 1.29 is 4.21 Å². The lowest BCUT2D eigenvalue weighted by Gasteiger charge is -2.35. The number of nitrogens with one attached hydrogen (secondary N) is 2. The van der Waals surface area contributed by atoms with Crippen LogP contribution in [0.15, 0.2) is 35.2 Å². The summed E-state index contributed by atoms with van der Waals surface area (Å²) in [7, 11) is -0.147. The smallest absolute Gasteiger partial charge is 0.142 e. The number of hydrogen-bond donors (Lipinski definition) is 2. The van der Waals surface area contributed by atoms with E-state index in [4.69, 9.17) is 0 Å². The Morgan fingerprint density at radius 2 is 2.07 bits per heavy atom. The van der Waals surface area contributed by atoms with Crippen LogP contribution in [0.25, 0.3) is 11.0 Å².